The van der Waals surface area contributed by atoms with E-state index in [0.717, 1.165) is 5.56 Å². The van der Waals surface area contributed by atoms with Gasteiger partial charge in [-0.1, -0.05) is 41.9 Å². The minimum absolute atomic E-state index is 0.147. The highest BCUT2D eigenvalue weighted by Gasteiger charge is 2.39. The molecule has 3 rings (SSSR count). The van der Waals surface area contributed by atoms with Gasteiger partial charge in [0.25, 0.3) is 0 Å². The molecule has 1 N–H and O–H groups in total. The molecule has 0 aliphatic carbocycles. The van der Waals surface area contributed by atoms with Crippen LogP contribution in [-0.2, 0) is 21.0 Å². The van der Waals surface area contributed by atoms with Crippen molar-refractivity contribution in [3.63, 3.8) is 0 Å². The molecule has 8 heteroatoms. The molecule has 2 aromatic carbocycles. The van der Waals surface area contributed by atoms with E-state index in [2.05, 4.69) is 5.48 Å². The normalized spacial score (nSPS) is 18.8. The first-order chi connectivity index (χ1) is 15.2. The highest BCUT2D eigenvalue weighted by atomic mass is 35.5. The molecule has 172 valence electrons. The Morgan fingerprint density at radius 1 is 1.06 bits per heavy atom. The van der Waals surface area contributed by atoms with Crippen LogP contribution >= 0.6 is 11.6 Å². The first kappa shape index (κ1) is 24.0. The van der Waals surface area contributed by atoms with Gasteiger partial charge in [0.2, 0.25) is 0 Å². The third kappa shape index (κ3) is 7.22. The van der Waals surface area contributed by atoms with Gasteiger partial charge in [-0.2, -0.15) is 5.48 Å². The molecule has 1 heterocycles. The fourth-order valence-electron chi connectivity index (χ4n) is 3.34. The van der Waals surface area contributed by atoms with Crippen LogP contribution in [0, 0.1) is 0 Å². The summed E-state index contributed by atoms with van der Waals surface area (Å²) in [5.41, 5.74) is 3.36. The van der Waals surface area contributed by atoms with Crippen LogP contribution < -0.4 is 10.2 Å². The number of halogens is 1. The molecule has 1 amide bonds. The van der Waals surface area contributed by atoms with Crippen molar-refractivity contribution in [1.82, 2.24) is 10.4 Å². The number of rotatable bonds is 6. The highest BCUT2D eigenvalue weighted by Crippen LogP contribution is 2.24. The van der Waals surface area contributed by atoms with Crippen molar-refractivity contribution < 1.29 is 23.9 Å². The second kappa shape index (κ2) is 10.8. The molecule has 32 heavy (non-hydrogen) atoms. The number of benzene rings is 2. The van der Waals surface area contributed by atoms with E-state index >= 15 is 0 Å². The van der Waals surface area contributed by atoms with Crippen LogP contribution in [0.3, 0.4) is 0 Å². The maximum atomic E-state index is 12.9. The molecule has 2 aromatic rings. The number of hydrogen-bond donors (Lipinski definition) is 1. The number of piperidine rings is 1. The number of esters is 1. The lowest BCUT2D eigenvalue weighted by Crippen LogP contribution is -2.57. The molecule has 0 unspecified atom stereocenters. The fraction of sp³-hybridized carbons (Fsp3) is 0.417. The van der Waals surface area contributed by atoms with E-state index in [1.807, 2.05) is 30.3 Å². The fourth-order valence-corrected chi connectivity index (χ4v) is 3.46. The molecule has 0 radical (unpaired) electrons. The Morgan fingerprint density at radius 3 is 2.41 bits per heavy atom. The van der Waals surface area contributed by atoms with Crippen LogP contribution in [0.25, 0.3) is 0 Å². The van der Waals surface area contributed by atoms with Crippen molar-refractivity contribution in [2.75, 3.05) is 6.54 Å². The second-order valence-corrected chi connectivity index (χ2v) is 9.13. The second-order valence-electron chi connectivity index (χ2n) is 8.69. The first-order valence-corrected chi connectivity index (χ1v) is 11.0. The Labute approximate surface area is 193 Å². The number of nitrogens with zero attached hydrogens (tertiary/aromatic N) is 1. The zero-order valence-corrected chi connectivity index (χ0v) is 19.3. The summed E-state index contributed by atoms with van der Waals surface area (Å²) < 4.78 is 11.0. The van der Waals surface area contributed by atoms with E-state index in [9.17, 15) is 9.59 Å². The smallest absolute Gasteiger partial charge is 0.411 e. The topological polar surface area (TPSA) is 77.1 Å². The van der Waals surface area contributed by atoms with Gasteiger partial charge in [-0.25, -0.2) is 9.59 Å². The lowest BCUT2D eigenvalue weighted by Gasteiger charge is -2.38. The van der Waals surface area contributed by atoms with E-state index in [-0.39, 0.29) is 12.6 Å². The van der Waals surface area contributed by atoms with E-state index < -0.39 is 23.7 Å². The van der Waals surface area contributed by atoms with Crippen molar-refractivity contribution in [2.45, 2.75) is 57.9 Å². The summed E-state index contributed by atoms with van der Waals surface area (Å²) in [6, 6.07) is 15.4. The zero-order chi connectivity index (χ0) is 23.1. The summed E-state index contributed by atoms with van der Waals surface area (Å²) in [6.07, 6.45) is 0.483. The minimum atomic E-state index is -0.757. The molecule has 2 atom stereocenters. The summed E-state index contributed by atoms with van der Waals surface area (Å²) >= 11 is 5.89. The van der Waals surface area contributed by atoms with E-state index in [1.54, 1.807) is 45.0 Å². The summed E-state index contributed by atoms with van der Waals surface area (Å²) in [6.45, 7) is 6.01. The number of hydroxylamine groups is 1. The number of likely N-dealkylation sites (tertiary alicyclic amines) is 1. The van der Waals surface area contributed by atoms with Crippen molar-refractivity contribution >= 4 is 23.7 Å². The third-order valence-electron chi connectivity index (χ3n) is 4.85. The lowest BCUT2D eigenvalue weighted by molar-refractivity contribution is -0.142. The Kier molecular flexibility index (Phi) is 8.12. The van der Waals surface area contributed by atoms with E-state index in [0.29, 0.717) is 30.2 Å². The average Bonchev–Trinajstić information content (AvgIpc) is 2.75. The number of carbonyl (C=O) groups excluding carboxylic acids is 2. The molecular weight excluding hydrogens is 432 g/mol. The van der Waals surface area contributed by atoms with Crippen LogP contribution in [0.2, 0.25) is 5.02 Å². The summed E-state index contributed by atoms with van der Waals surface area (Å²) in [4.78, 5) is 32.8. The molecule has 0 aromatic heterocycles. The SMILES string of the molecule is CC(C)(C)OC(=O)N1C[C@H](NOCc2ccccc2)CC[C@H]1C(=O)Oc1ccc(Cl)cc1. The van der Waals surface area contributed by atoms with E-state index in [4.69, 9.17) is 25.9 Å². The summed E-state index contributed by atoms with van der Waals surface area (Å²) in [5.74, 6) is -0.142. The molecule has 1 aliphatic heterocycles. The van der Waals surface area contributed by atoms with Crippen molar-refractivity contribution in [3.05, 3.63) is 65.2 Å². The quantitative estimate of drug-likeness (QED) is 0.381. The van der Waals surface area contributed by atoms with Gasteiger partial charge in [0.1, 0.15) is 17.4 Å². The Hall–Kier alpha value is -2.61. The van der Waals surface area contributed by atoms with E-state index in [1.165, 1.54) is 4.90 Å². The number of amides is 1. The van der Waals surface area contributed by atoms with Gasteiger partial charge < -0.3 is 9.47 Å². The summed E-state index contributed by atoms with van der Waals surface area (Å²) in [5, 5.41) is 0.544. The maximum Gasteiger partial charge on any atom is 0.411 e. The van der Waals surface area contributed by atoms with Crippen molar-refractivity contribution in [3.8, 4) is 5.75 Å². The zero-order valence-electron chi connectivity index (χ0n) is 18.5. The Balaban J connectivity index is 1.64. The van der Waals surface area contributed by atoms with Crippen LogP contribution in [0.4, 0.5) is 4.79 Å². The number of ether oxygens (including phenoxy) is 2. The van der Waals surface area contributed by atoms with Gasteiger partial charge >= 0.3 is 12.1 Å². The minimum Gasteiger partial charge on any atom is -0.444 e. The average molecular weight is 461 g/mol. The third-order valence-corrected chi connectivity index (χ3v) is 5.10. The van der Waals surface area contributed by atoms with Gasteiger partial charge in [-0.3, -0.25) is 9.74 Å². The van der Waals surface area contributed by atoms with Gasteiger partial charge in [-0.05, 0) is 63.4 Å². The van der Waals surface area contributed by atoms with Crippen LogP contribution in [0.5, 0.6) is 5.75 Å². The molecule has 1 aliphatic rings. The molecule has 0 spiro atoms. The molecule has 1 fully saturated rings. The number of carbonyl (C=O) groups is 2. The molecule has 7 nitrogen and oxygen atoms in total. The predicted molar refractivity (Wildman–Crippen MR) is 121 cm³/mol. The van der Waals surface area contributed by atoms with Crippen LogP contribution in [0.15, 0.2) is 54.6 Å². The molecule has 1 saturated heterocycles. The van der Waals surface area contributed by atoms with Crippen LogP contribution in [-0.4, -0.2) is 41.2 Å². The van der Waals surface area contributed by atoms with Gasteiger partial charge in [-0.15, -0.1) is 0 Å². The van der Waals surface area contributed by atoms with Crippen molar-refractivity contribution in [1.29, 1.82) is 0 Å². The lowest BCUT2D eigenvalue weighted by atomic mass is 9.99. The highest BCUT2D eigenvalue weighted by molar-refractivity contribution is 6.30. The summed E-state index contributed by atoms with van der Waals surface area (Å²) in [7, 11) is 0. The molecule has 0 saturated carbocycles. The first-order valence-electron chi connectivity index (χ1n) is 10.6. The standard InChI is InChI=1S/C24H29ClN2O5/c1-24(2,3)32-23(29)27-15-19(26-30-16-17-7-5-4-6-8-17)11-14-21(27)22(28)31-20-12-9-18(25)10-13-20/h4-10,12-13,19,21,26H,11,14-16H2,1-3H3/t19-,21+/m1/s1. The van der Waals surface area contributed by atoms with Crippen LogP contribution in [0.1, 0.15) is 39.2 Å². The Morgan fingerprint density at radius 2 is 1.75 bits per heavy atom. The molecular formula is C24H29ClN2O5. The Bertz CT molecular complexity index is 899. The largest absolute Gasteiger partial charge is 0.444 e. The van der Waals surface area contributed by atoms with Gasteiger partial charge in [0.15, 0.2) is 0 Å². The van der Waals surface area contributed by atoms with Gasteiger partial charge in [0.05, 0.1) is 12.6 Å². The predicted octanol–water partition coefficient (Wildman–Crippen LogP) is 4.73. The van der Waals surface area contributed by atoms with Crippen molar-refractivity contribution in [2.24, 2.45) is 0 Å². The maximum absolute atomic E-state index is 12.9. The van der Waals surface area contributed by atoms with Gasteiger partial charge in [0, 0.05) is 11.6 Å². The number of nitrogens with one attached hydrogen (secondary N) is 1. The number of hydrogen-bond acceptors (Lipinski definition) is 6. The molecule has 0 bridgehead atoms. The monoisotopic (exact) mass is 460 g/mol.